The van der Waals surface area contributed by atoms with Crippen LogP contribution < -0.4 is 16.8 Å². The van der Waals surface area contributed by atoms with Crippen molar-refractivity contribution < 1.29 is 4.79 Å². The first-order valence-electron chi connectivity index (χ1n) is 13.0. The van der Waals surface area contributed by atoms with Gasteiger partial charge in [0, 0.05) is 13.1 Å². The summed E-state index contributed by atoms with van der Waals surface area (Å²) in [5.74, 6) is 0.429. The molecule has 1 rings (SSSR count). The highest BCUT2D eigenvalue weighted by Gasteiger charge is 2.11. The van der Waals surface area contributed by atoms with E-state index in [9.17, 15) is 4.79 Å². The number of benzene rings is 1. The largest absolute Gasteiger partial charge is 0.352 e. The van der Waals surface area contributed by atoms with Crippen molar-refractivity contribution in [2.75, 3.05) is 6.54 Å². The second kappa shape index (κ2) is 19.2. The van der Waals surface area contributed by atoms with E-state index in [1.165, 1.54) is 95.5 Å². The SMILES string of the molecule is CCCCCCCCCCCCCCCCC(CNC(N)=O)Cc1cccc(CN)c1. The first-order valence-corrected chi connectivity index (χ1v) is 13.0. The summed E-state index contributed by atoms with van der Waals surface area (Å²) in [6, 6.07) is 8.04. The third-order valence-electron chi connectivity index (χ3n) is 6.28. The van der Waals surface area contributed by atoms with Gasteiger partial charge in [-0.05, 0) is 29.9 Å². The number of nitrogens with two attached hydrogens (primary N) is 2. The standard InChI is InChI=1S/C27H49N3O/c1-2-3-4-5-6-7-8-9-10-11-12-13-14-15-17-26(23-30-27(29)31)21-24-18-16-19-25(20-24)22-28/h16,18-20,26H,2-15,17,21-23,28H2,1H3,(H3,29,30,31). The Morgan fingerprint density at radius 2 is 1.35 bits per heavy atom. The molecular formula is C27H49N3O. The van der Waals surface area contributed by atoms with Crippen LogP contribution in [-0.4, -0.2) is 12.6 Å². The van der Waals surface area contributed by atoms with E-state index < -0.39 is 6.03 Å². The number of urea groups is 1. The Bertz CT molecular complexity index is 561. The number of rotatable bonds is 20. The van der Waals surface area contributed by atoms with Crippen LogP contribution in [0.2, 0.25) is 0 Å². The van der Waals surface area contributed by atoms with Crippen molar-refractivity contribution in [3.8, 4) is 0 Å². The van der Waals surface area contributed by atoms with E-state index in [1.54, 1.807) is 0 Å². The van der Waals surface area contributed by atoms with Gasteiger partial charge in [0.25, 0.3) is 0 Å². The van der Waals surface area contributed by atoms with Gasteiger partial charge in [-0.3, -0.25) is 0 Å². The summed E-state index contributed by atoms with van der Waals surface area (Å²) < 4.78 is 0. The lowest BCUT2D eigenvalue weighted by atomic mass is 9.92. The monoisotopic (exact) mass is 431 g/mol. The molecule has 5 N–H and O–H groups in total. The van der Waals surface area contributed by atoms with E-state index in [1.807, 2.05) is 0 Å². The summed E-state index contributed by atoms with van der Waals surface area (Å²) in [6.07, 6.45) is 21.4. The lowest BCUT2D eigenvalue weighted by Gasteiger charge is -2.17. The second-order valence-electron chi connectivity index (χ2n) is 9.22. The Kier molecular flexibility index (Phi) is 17.0. The van der Waals surface area contributed by atoms with Gasteiger partial charge in [0.1, 0.15) is 0 Å². The highest BCUT2D eigenvalue weighted by atomic mass is 16.2. The third kappa shape index (κ3) is 15.8. The summed E-state index contributed by atoms with van der Waals surface area (Å²) >= 11 is 0. The molecule has 0 radical (unpaired) electrons. The van der Waals surface area contributed by atoms with Crippen LogP contribution in [-0.2, 0) is 13.0 Å². The van der Waals surface area contributed by atoms with Gasteiger partial charge in [0.2, 0.25) is 0 Å². The van der Waals surface area contributed by atoms with Gasteiger partial charge in [0.05, 0.1) is 0 Å². The summed E-state index contributed by atoms with van der Waals surface area (Å²) in [7, 11) is 0. The molecule has 0 aliphatic rings. The molecule has 0 aliphatic heterocycles. The smallest absolute Gasteiger partial charge is 0.312 e. The van der Waals surface area contributed by atoms with E-state index in [4.69, 9.17) is 11.5 Å². The van der Waals surface area contributed by atoms with Crippen LogP contribution in [0.5, 0.6) is 0 Å². The summed E-state index contributed by atoms with van der Waals surface area (Å²) in [6.45, 7) is 3.50. The number of nitrogens with one attached hydrogen (secondary N) is 1. The number of amides is 2. The van der Waals surface area contributed by atoms with Crippen molar-refractivity contribution in [2.24, 2.45) is 17.4 Å². The van der Waals surface area contributed by atoms with Crippen LogP contribution in [0.25, 0.3) is 0 Å². The van der Waals surface area contributed by atoms with Crippen molar-refractivity contribution in [3.63, 3.8) is 0 Å². The van der Waals surface area contributed by atoms with Crippen molar-refractivity contribution in [3.05, 3.63) is 35.4 Å². The number of hydrogen-bond acceptors (Lipinski definition) is 2. The molecule has 0 aliphatic carbocycles. The number of unbranched alkanes of at least 4 members (excludes halogenated alkanes) is 13. The highest BCUT2D eigenvalue weighted by molar-refractivity contribution is 5.71. The van der Waals surface area contributed by atoms with Crippen molar-refractivity contribution >= 4 is 6.03 Å². The fraction of sp³-hybridized carbons (Fsp3) is 0.741. The summed E-state index contributed by atoms with van der Waals surface area (Å²) in [5, 5.41) is 2.81. The highest BCUT2D eigenvalue weighted by Crippen LogP contribution is 2.18. The molecule has 0 saturated heterocycles. The van der Waals surface area contributed by atoms with Crippen LogP contribution >= 0.6 is 0 Å². The first kappa shape index (κ1) is 27.5. The molecule has 178 valence electrons. The van der Waals surface area contributed by atoms with Crippen molar-refractivity contribution in [1.29, 1.82) is 0 Å². The van der Waals surface area contributed by atoms with Gasteiger partial charge in [-0.1, -0.05) is 121 Å². The maximum absolute atomic E-state index is 11.2. The van der Waals surface area contributed by atoms with Crippen LogP contribution in [0.1, 0.15) is 114 Å². The van der Waals surface area contributed by atoms with E-state index in [0.717, 1.165) is 18.4 Å². The predicted molar refractivity (Wildman–Crippen MR) is 134 cm³/mol. The van der Waals surface area contributed by atoms with Gasteiger partial charge in [-0.2, -0.15) is 0 Å². The Morgan fingerprint density at radius 1 is 0.839 bits per heavy atom. The minimum atomic E-state index is -0.429. The van der Waals surface area contributed by atoms with Gasteiger partial charge in [-0.25, -0.2) is 4.79 Å². The number of primary amides is 1. The topological polar surface area (TPSA) is 81.1 Å². The van der Waals surface area contributed by atoms with Gasteiger partial charge in [0.15, 0.2) is 0 Å². The van der Waals surface area contributed by atoms with Crippen molar-refractivity contribution in [1.82, 2.24) is 5.32 Å². The van der Waals surface area contributed by atoms with Gasteiger partial charge in [-0.15, -0.1) is 0 Å². The van der Waals surface area contributed by atoms with E-state index in [0.29, 0.717) is 19.0 Å². The van der Waals surface area contributed by atoms with E-state index in [-0.39, 0.29) is 0 Å². The van der Waals surface area contributed by atoms with Gasteiger partial charge >= 0.3 is 6.03 Å². The van der Waals surface area contributed by atoms with Crippen LogP contribution in [0.15, 0.2) is 24.3 Å². The molecule has 0 fully saturated rings. The molecule has 0 aromatic heterocycles. The van der Waals surface area contributed by atoms with Crippen molar-refractivity contribution in [2.45, 2.75) is 116 Å². The number of carbonyl (C=O) groups excluding carboxylic acids is 1. The molecule has 31 heavy (non-hydrogen) atoms. The average Bonchev–Trinajstić information content (AvgIpc) is 2.77. The second-order valence-corrected chi connectivity index (χ2v) is 9.22. The lowest BCUT2D eigenvalue weighted by molar-refractivity contribution is 0.246. The molecule has 1 unspecified atom stereocenters. The molecule has 1 aromatic carbocycles. The third-order valence-corrected chi connectivity index (χ3v) is 6.28. The van der Waals surface area contributed by atoms with Gasteiger partial charge < -0.3 is 16.8 Å². The molecular weight excluding hydrogens is 382 g/mol. The Balaban J connectivity index is 2.10. The zero-order valence-corrected chi connectivity index (χ0v) is 20.2. The van der Waals surface area contributed by atoms with E-state index >= 15 is 0 Å². The quantitative estimate of drug-likeness (QED) is 0.197. The molecule has 1 atom stereocenters. The Hall–Kier alpha value is -1.55. The molecule has 0 heterocycles. The molecule has 1 aromatic rings. The molecule has 0 saturated carbocycles. The summed E-state index contributed by atoms with van der Waals surface area (Å²) in [4.78, 5) is 11.2. The Labute approximate surface area is 191 Å². The number of carbonyl (C=O) groups is 1. The minimum absolute atomic E-state index is 0.429. The zero-order valence-electron chi connectivity index (χ0n) is 20.2. The molecule has 0 spiro atoms. The molecule has 4 nitrogen and oxygen atoms in total. The molecule has 2 amide bonds. The fourth-order valence-corrected chi connectivity index (χ4v) is 4.37. The lowest BCUT2D eigenvalue weighted by Crippen LogP contribution is -2.34. The normalized spacial score (nSPS) is 12.1. The maximum atomic E-state index is 11.2. The van der Waals surface area contributed by atoms with Crippen LogP contribution in [0, 0.1) is 5.92 Å². The maximum Gasteiger partial charge on any atom is 0.312 e. The van der Waals surface area contributed by atoms with E-state index in [2.05, 4.69) is 36.5 Å². The fourth-order valence-electron chi connectivity index (χ4n) is 4.37. The zero-order chi connectivity index (χ0) is 22.6. The average molecular weight is 432 g/mol. The van der Waals surface area contributed by atoms with Crippen LogP contribution in [0.4, 0.5) is 4.79 Å². The van der Waals surface area contributed by atoms with Crippen LogP contribution in [0.3, 0.4) is 0 Å². The minimum Gasteiger partial charge on any atom is -0.352 e. The predicted octanol–water partition coefficient (Wildman–Crippen LogP) is 6.84. The Morgan fingerprint density at radius 3 is 1.87 bits per heavy atom. The molecule has 4 heteroatoms. The molecule has 0 bridgehead atoms. The number of hydrogen-bond donors (Lipinski definition) is 3. The summed E-state index contributed by atoms with van der Waals surface area (Å²) in [5.41, 5.74) is 13.5. The first-order chi connectivity index (χ1) is 15.2.